The van der Waals surface area contributed by atoms with Gasteiger partial charge < -0.3 is 5.11 Å². The van der Waals surface area contributed by atoms with Crippen LogP contribution in [0.15, 0.2) is 53.6 Å². The molecule has 0 bridgehead atoms. The molecule has 0 saturated carbocycles. The van der Waals surface area contributed by atoms with E-state index in [1.165, 1.54) is 6.20 Å². The van der Waals surface area contributed by atoms with E-state index in [4.69, 9.17) is 0 Å². The van der Waals surface area contributed by atoms with E-state index in [0.717, 1.165) is 22.5 Å². The van der Waals surface area contributed by atoms with E-state index in [-0.39, 0.29) is 10.6 Å². The van der Waals surface area contributed by atoms with Crippen LogP contribution >= 0.6 is 0 Å². The van der Waals surface area contributed by atoms with Crippen molar-refractivity contribution in [1.82, 2.24) is 9.19 Å². The Bertz CT molecular complexity index is 806. The summed E-state index contributed by atoms with van der Waals surface area (Å²) >= 11 is 0. The maximum Gasteiger partial charge on any atom is 0.283 e. The van der Waals surface area contributed by atoms with Gasteiger partial charge in [-0.05, 0) is 44.4 Å². The van der Waals surface area contributed by atoms with Crippen LogP contribution in [0.4, 0.5) is 0 Å². The zero-order valence-electron chi connectivity index (χ0n) is 12.3. The molecule has 1 heterocycles. The van der Waals surface area contributed by atoms with Crippen molar-refractivity contribution < 1.29 is 13.5 Å². The van der Waals surface area contributed by atoms with Crippen molar-refractivity contribution >= 4 is 10.0 Å². The first-order chi connectivity index (χ1) is 10.4. The molecule has 1 aliphatic rings. The summed E-state index contributed by atoms with van der Waals surface area (Å²) in [5.74, 6) is 0. The van der Waals surface area contributed by atoms with E-state index in [9.17, 15) is 13.5 Å². The molecule has 1 atom stereocenters. The molecule has 5 nitrogen and oxygen atoms in total. The Morgan fingerprint density at radius 3 is 2.59 bits per heavy atom. The summed E-state index contributed by atoms with van der Waals surface area (Å²) in [4.78, 5) is 0.159. The van der Waals surface area contributed by atoms with E-state index in [1.807, 2.05) is 13.0 Å². The Balaban J connectivity index is 2.10. The fourth-order valence-corrected chi connectivity index (χ4v) is 4.00. The molecule has 6 heteroatoms. The first-order valence-electron chi connectivity index (χ1n) is 7.20. The van der Waals surface area contributed by atoms with Crippen LogP contribution in [0.5, 0.6) is 0 Å². The molecule has 0 fully saturated rings. The molecule has 1 N–H and O–H groups in total. The van der Waals surface area contributed by atoms with Gasteiger partial charge in [0.2, 0.25) is 0 Å². The minimum atomic E-state index is -3.82. The molecule has 0 aliphatic heterocycles. The second-order valence-electron chi connectivity index (χ2n) is 5.60. The minimum absolute atomic E-state index is 0.159. The van der Waals surface area contributed by atoms with Crippen LogP contribution in [0.2, 0.25) is 0 Å². The summed E-state index contributed by atoms with van der Waals surface area (Å²) in [5.41, 5.74) is -0.0236. The van der Waals surface area contributed by atoms with Crippen molar-refractivity contribution in [2.24, 2.45) is 0 Å². The maximum absolute atomic E-state index is 12.8. The number of hydrogen-bond acceptors (Lipinski definition) is 4. The van der Waals surface area contributed by atoms with Gasteiger partial charge >= 0.3 is 0 Å². The quantitative estimate of drug-likeness (QED) is 0.882. The average molecular weight is 318 g/mol. The predicted octanol–water partition coefficient (Wildman–Crippen LogP) is 2.36. The number of nitrogens with zero attached hydrogens (tertiary/aromatic N) is 2. The second kappa shape index (κ2) is 5.37. The number of aryl methyl sites for hydroxylation is 1. The van der Waals surface area contributed by atoms with Crippen molar-refractivity contribution in [3.63, 3.8) is 0 Å². The van der Waals surface area contributed by atoms with Gasteiger partial charge in [-0.15, -0.1) is 0 Å². The molecule has 1 aliphatic carbocycles. The van der Waals surface area contributed by atoms with Crippen molar-refractivity contribution in [3.8, 4) is 0 Å². The van der Waals surface area contributed by atoms with Gasteiger partial charge in [0.1, 0.15) is 5.60 Å². The Morgan fingerprint density at radius 2 is 1.95 bits per heavy atom. The fourth-order valence-electron chi connectivity index (χ4n) is 2.67. The summed E-state index contributed by atoms with van der Waals surface area (Å²) in [6.45, 7) is 1.89. The predicted molar refractivity (Wildman–Crippen MR) is 82.9 cm³/mol. The monoisotopic (exact) mass is 318 g/mol. The van der Waals surface area contributed by atoms with E-state index in [2.05, 4.69) is 5.10 Å². The molecule has 0 saturated heterocycles. The topological polar surface area (TPSA) is 72.2 Å². The third-order valence-electron chi connectivity index (χ3n) is 3.92. The van der Waals surface area contributed by atoms with Crippen LogP contribution in [0.1, 0.15) is 30.5 Å². The molecular weight excluding hydrogens is 300 g/mol. The lowest BCUT2D eigenvalue weighted by Crippen LogP contribution is -2.31. The lowest BCUT2D eigenvalue weighted by atomic mass is 9.88. The van der Waals surface area contributed by atoms with Gasteiger partial charge in [0, 0.05) is 0 Å². The van der Waals surface area contributed by atoms with Crippen molar-refractivity contribution in [2.45, 2.75) is 36.7 Å². The zero-order valence-corrected chi connectivity index (χ0v) is 13.1. The van der Waals surface area contributed by atoms with Crippen LogP contribution in [0, 0.1) is 6.92 Å². The smallest absolute Gasteiger partial charge is 0.283 e. The third-order valence-corrected chi connectivity index (χ3v) is 5.54. The van der Waals surface area contributed by atoms with E-state index in [1.54, 1.807) is 36.4 Å². The number of allylic oxidation sites excluding steroid dienone is 1. The number of aliphatic hydroxyl groups is 1. The highest BCUT2D eigenvalue weighted by atomic mass is 32.2. The zero-order chi connectivity index (χ0) is 15.8. The number of hydrogen-bond donors (Lipinski definition) is 1. The normalized spacial score (nSPS) is 21.9. The molecule has 1 aromatic carbocycles. The average Bonchev–Trinajstić information content (AvgIpc) is 2.99. The van der Waals surface area contributed by atoms with E-state index in [0.29, 0.717) is 6.42 Å². The minimum Gasteiger partial charge on any atom is -0.379 e. The third kappa shape index (κ3) is 2.48. The highest BCUT2D eigenvalue weighted by Gasteiger charge is 2.34. The summed E-state index contributed by atoms with van der Waals surface area (Å²) in [6.07, 6.45) is 7.12. The van der Waals surface area contributed by atoms with Gasteiger partial charge in [0.25, 0.3) is 10.0 Å². The first kappa shape index (κ1) is 15.0. The van der Waals surface area contributed by atoms with E-state index < -0.39 is 15.6 Å². The standard InChI is InChI=1S/C16H18N2O3S/c1-13-5-7-14(8-6-13)22(20,21)18-15(9-12-17-18)16(19)10-3-2-4-11-16/h3,5-10,12,19H,2,4,11H2,1H3. The molecule has 0 radical (unpaired) electrons. The lowest BCUT2D eigenvalue weighted by Gasteiger charge is -2.27. The molecule has 0 amide bonds. The molecule has 3 rings (SSSR count). The Labute approximate surface area is 130 Å². The summed E-state index contributed by atoms with van der Waals surface area (Å²) in [5, 5.41) is 14.7. The fraction of sp³-hybridized carbons (Fsp3) is 0.312. The highest BCUT2D eigenvalue weighted by Crippen LogP contribution is 2.33. The number of rotatable bonds is 3. The largest absolute Gasteiger partial charge is 0.379 e. The summed E-state index contributed by atoms with van der Waals surface area (Å²) < 4.78 is 26.5. The van der Waals surface area contributed by atoms with Gasteiger partial charge in [0.15, 0.2) is 0 Å². The summed E-state index contributed by atoms with van der Waals surface area (Å²) in [7, 11) is -3.82. The molecule has 1 unspecified atom stereocenters. The summed E-state index contributed by atoms with van der Waals surface area (Å²) in [6, 6.07) is 8.14. The van der Waals surface area contributed by atoms with Gasteiger partial charge in [0.05, 0.1) is 16.8 Å². The van der Waals surface area contributed by atoms with E-state index >= 15 is 0 Å². The molecule has 2 aromatic rings. The van der Waals surface area contributed by atoms with Gasteiger partial charge in [-0.1, -0.05) is 29.8 Å². The molecular formula is C16H18N2O3S. The SMILES string of the molecule is Cc1ccc(S(=O)(=O)n2nccc2C2(O)C=CCCC2)cc1. The Morgan fingerprint density at radius 1 is 1.23 bits per heavy atom. The molecule has 1 aromatic heterocycles. The van der Waals surface area contributed by atoms with Crippen molar-refractivity contribution in [2.75, 3.05) is 0 Å². The van der Waals surface area contributed by atoms with Crippen LogP contribution in [0.3, 0.4) is 0 Å². The number of benzene rings is 1. The van der Waals surface area contributed by atoms with Crippen molar-refractivity contribution in [1.29, 1.82) is 0 Å². The molecule has 116 valence electrons. The number of aromatic nitrogens is 2. The second-order valence-corrected chi connectivity index (χ2v) is 7.36. The van der Waals surface area contributed by atoms with Crippen LogP contribution in [-0.4, -0.2) is 22.7 Å². The van der Waals surface area contributed by atoms with Crippen molar-refractivity contribution in [3.05, 3.63) is 59.9 Å². The van der Waals surface area contributed by atoms with Gasteiger partial charge in [-0.3, -0.25) is 0 Å². The first-order valence-corrected chi connectivity index (χ1v) is 8.64. The van der Waals surface area contributed by atoms with Crippen LogP contribution in [0.25, 0.3) is 0 Å². The lowest BCUT2D eigenvalue weighted by molar-refractivity contribution is 0.0665. The van der Waals surface area contributed by atoms with Gasteiger partial charge in [-0.25, -0.2) is 0 Å². The highest BCUT2D eigenvalue weighted by molar-refractivity contribution is 7.89. The Kier molecular flexibility index (Phi) is 3.66. The Hall–Kier alpha value is -1.92. The van der Waals surface area contributed by atoms with Crippen LogP contribution < -0.4 is 0 Å². The molecule has 22 heavy (non-hydrogen) atoms. The maximum atomic E-state index is 12.8. The molecule has 0 spiro atoms. The van der Waals surface area contributed by atoms with Crippen LogP contribution in [-0.2, 0) is 15.6 Å². The van der Waals surface area contributed by atoms with Gasteiger partial charge in [-0.2, -0.15) is 17.6 Å².